The van der Waals surface area contributed by atoms with E-state index >= 15 is 0 Å². The molecule has 10 heteroatoms. The van der Waals surface area contributed by atoms with Gasteiger partial charge in [-0.25, -0.2) is 4.99 Å². The van der Waals surface area contributed by atoms with Gasteiger partial charge in [0, 0.05) is 60.0 Å². The molecule has 3 aliphatic heterocycles. The van der Waals surface area contributed by atoms with E-state index in [-0.39, 0.29) is 11.9 Å². The number of hydrogen-bond acceptors (Lipinski definition) is 8. The third-order valence-corrected chi connectivity index (χ3v) is 7.69. The number of aliphatic imine (C=N–C) groups is 1. The van der Waals surface area contributed by atoms with Gasteiger partial charge in [0.1, 0.15) is 11.7 Å². The van der Waals surface area contributed by atoms with Crippen molar-refractivity contribution in [1.82, 2.24) is 25.7 Å². The molecule has 1 amide bonds. The quantitative estimate of drug-likeness (QED) is 0.522. The molecule has 2 aromatic rings. The standard InChI is InChI=1S/C29H35ClN6O3/c1-4-21-15-25(24-6-5-22(16-26(24)30)27-34-19(3)39-35-27)29(37)36(17-20-7-11-31-12-8-20)28(21)33-18(2)32-23-9-13-38-14-10-23/h4-6,15-16,20,23,31-32H,2,7-14,17H2,1,3H3/b21-4-,33-28+. The highest BCUT2D eigenvalue weighted by molar-refractivity contribution is 6.37. The van der Waals surface area contributed by atoms with Crippen LogP contribution in [0.4, 0.5) is 0 Å². The van der Waals surface area contributed by atoms with Crippen LogP contribution in [0.3, 0.4) is 0 Å². The highest BCUT2D eigenvalue weighted by Gasteiger charge is 2.34. The number of halogens is 1. The number of carbonyl (C=O) groups is 1. The second-order valence-electron chi connectivity index (χ2n) is 10.2. The van der Waals surface area contributed by atoms with Gasteiger partial charge in [-0.05, 0) is 63.8 Å². The van der Waals surface area contributed by atoms with Crippen LogP contribution in [0, 0.1) is 12.8 Å². The van der Waals surface area contributed by atoms with Crippen molar-refractivity contribution in [2.75, 3.05) is 32.8 Å². The highest BCUT2D eigenvalue weighted by Crippen LogP contribution is 2.34. The second kappa shape index (κ2) is 12.3. The van der Waals surface area contributed by atoms with Gasteiger partial charge < -0.3 is 19.9 Å². The highest BCUT2D eigenvalue weighted by atomic mass is 35.5. The summed E-state index contributed by atoms with van der Waals surface area (Å²) in [5, 5.41) is 11.3. The third-order valence-electron chi connectivity index (χ3n) is 7.38. The lowest BCUT2D eigenvalue weighted by molar-refractivity contribution is -0.122. The largest absolute Gasteiger partial charge is 0.381 e. The summed E-state index contributed by atoms with van der Waals surface area (Å²) in [5.74, 6) is 2.34. The maximum Gasteiger partial charge on any atom is 0.260 e. The van der Waals surface area contributed by atoms with Crippen molar-refractivity contribution in [2.24, 2.45) is 10.9 Å². The van der Waals surface area contributed by atoms with E-state index in [1.807, 2.05) is 36.1 Å². The maximum absolute atomic E-state index is 14.1. The van der Waals surface area contributed by atoms with Gasteiger partial charge in [-0.15, -0.1) is 0 Å². The zero-order chi connectivity index (χ0) is 27.4. The molecule has 0 unspecified atom stereocenters. The number of nitrogens with zero attached hydrogens (tertiary/aromatic N) is 4. The zero-order valence-electron chi connectivity index (χ0n) is 22.5. The summed E-state index contributed by atoms with van der Waals surface area (Å²) in [7, 11) is 0. The van der Waals surface area contributed by atoms with Crippen molar-refractivity contribution in [3.05, 3.63) is 64.8 Å². The molecule has 4 heterocycles. The minimum atomic E-state index is -0.123. The minimum Gasteiger partial charge on any atom is -0.381 e. The number of ether oxygens (including phenoxy) is 1. The Hall–Kier alpha value is -3.27. The van der Waals surface area contributed by atoms with E-state index in [9.17, 15) is 4.79 Å². The van der Waals surface area contributed by atoms with Gasteiger partial charge in [0.05, 0.1) is 0 Å². The Labute approximate surface area is 234 Å². The molecule has 1 aromatic carbocycles. The van der Waals surface area contributed by atoms with E-state index in [2.05, 4.69) is 27.4 Å². The van der Waals surface area contributed by atoms with Crippen LogP contribution < -0.4 is 10.6 Å². The summed E-state index contributed by atoms with van der Waals surface area (Å²) in [6.07, 6.45) is 7.66. The summed E-state index contributed by atoms with van der Waals surface area (Å²) in [6.45, 7) is 11.8. The van der Waals surface area contributed by atoms with Crippen LogP contribution in [-0.2, 0) is 9.53 Å². The number of amides is 1. The van der Waals surface area contributed by atoms with Crippen LogP contribution in [0.25, 0.3) is 17.0 Å². The van der Waals surface area contributed by atoms with Crippen molar-refractivity contribution < 1.29 is 14.1 Å². The van der Waals surface area contributed by atoms with Gasteiger partial charge in [0.25, 0.3) is 5.91 Å². The number of amidine groups is 1. The molecule has 2 saturated heterocycles. The maximum atomic E-state index is 14.1. The predicted octanol–water partition coefficient (Wildman–Crippen LogP) is 4.51. The molecule has 0 bridgehead atoms. The number of benzene rings is 1. The molecule has 0 aliphatic carbocycles. The first-order chi connectivity index (χ1) is 18.9. The average molecular weight is 551 g/mol. The lowest BCUT2D eigenvalue weighted by Crippen LogP contribution is -2.46. The Morgan fingerprint density at radius 3 is 2.72 bits per heavy atom. The number of allylic oxidation sites excluding steroid dienone is 1. The Balaban J connectivity index is 1.48. The molecule has 1 aromatic heterocycles. The number of aryl methyl sites for hydroxylation is 1. The molecule has 206 valence electrons. The van der Waals surface area contributed by atoms with E-state index in [4.69, 9.17) is 25.9 Å². The molecule has 9 nitrogen and oxygen atoms in total. The molecule has 39 heavy (non-hydrogen) atoms. The SMILES string of the molecule is C=C(/N=C1\C(=C/C)C=C(c2ccc(-c3noc(C)n3)cc2Cl)C(=O)N1CC1CCNCC1)NC1CCOCC1. The van der Waals surface area contributed by atoms with Crippen LogP contribution in [-0.4, -0.2) is 65.7 Å². The Bertz CT molecular complexity index is 1320. The van der Waals surface area contributed by atoms with Gasteiger partial charge in [0.15, 0.2) is 0 Å². The molecular weight excluding hydrogens is 516 g/mol. The topological polar surface area (TPSA) is 105 Å². The second-order valence-corrected chi connectivity index (χ2v) is 10.6. The van der Waals surface area contributed by atoms with Crippen molar-refractivity contribution >= 4 is 28.9 Å². The number of carbonyl (C=O) groups excluding carboxylic acids is 1. The summed E-state index contributed by atoms with van der Waals surface area (Å²) in [6, 6.07) is 5.73. The van der Waals surface area contributed by atoms with E-state index in [1.54, 1.807) is 13.0 Å². The number of piperidine rings is 1. The zero-order valence-corrected chi connectivity index (χ0v) is 23.3. The fourth-order valence-corrected chi connectivity index (χ4v) is 5.51. The number of aromatic nitrogens is 2. The van der Waals surface area contributed by atoms with Crippen LogP contribution in [0.2, 0.25) is 5.02 Å². The Morgan fingerprint density at radius 2 is 2.05 bits per heavy atom. The predicted molar refractivity (Wildman–Crippen MR) is 152 cm³/mol. The van der Waals surface area contributed by atoms with Crippen LogP contribution in [0.15, 0.2) is 57.8 Å². The van der Waals surface area contributed by atoms with Crippen molar-refractivity contribution in [3.8, 4) is 11.4 Å². The van der Waals surface area contributed by atoms with Gasteiger partial charge in [-0.1, -0.05) is 41.5 Å². The number of rotatable bonds is 7. The first kappa shape index (κ1) is 27.3. The first-order valence-corrected chi connectivity index (χ1v) is 13.9. The van der Waals surface area contributed by atoms with Gasteiger partial charge >= 0.3 is 0 Å². The Morgan fingerprint density at radius 1 is 1.28 bits per heavy atom. The first-order valence-electron chi connectivity index (χ1n) is 13.6. The minimum absolute atomic E-state index is 0.123. The molecule has 0 spiro atoms. The molecule has 3 aliphatic rings. The fourth-order valence-electron chi connectivity index (χ4n) is 5.23. The molecule has 0 atom stereocenters. The van der Waals surface area contributed by atoms with Crippen molar-refractivity contribution in [2.45, 2.75) is 45.6 Å². The molecule has 0 saturated carbocycles. The smallest absolute Gasteiger partial charge is 0.260 e. The van der Waals surface area contributed by atoms with Crippen LogP contribution in [0.1, 0.15) is 44.1 Å². The van der Waals surface area contributed by atoms with Crippen molar-refractivity contribution in [3.63, 3.8) is 0 Å². The van der Waals surface area contributed by atoms with E-state index in [0.717, 1.165) is 63.1 Å². The molecule has 2 fully saturated rings. The van der Waals surface area contributed by atoms with E-state index in [1.165, 1.54) is 0 Å². The van der Waals surface area contributed by atoms with E-state index < -0.39 is 0 Å². The summed E-state index contributed by atoms with van der Waals surface area (Å²) in [4.78, 5) is 25.1. The van der Waals surface area contributed by atoms with Gasteiger partial charge in [-0.3, -0.25) is 9.69 Å². The summed E-state index contributed by atoms with van der Waals surface area (Å²) < 4.78 is 10.6. The normalized spacial score (nSPS) is 21.5. The Kier molecular flexibility index (Phi) is 8.60. The molecule has 2 N–H and O–H groups in total. The number of nitrogens with one attached hydrogen (secondary N) is 2. The average Bonchev–Trinajstić information content (AvgIpc) is 3.38. The van der Waals surface area contributed by atoms with Gasteiger partial charge in [0.2, 0.25) is 11.7 Å². The molecule has 0 radical (unpaired) electrons. The summed E-state index contributed by atoms with van der Waals surface area (Å²) >= 11 is 6.75. The third kappa shape index (κ3) is 6.32. The fraction of sp³-hybridized carbons (Fsp3) is 0.448. The van der Waals surface area contributed by atoms with Crippen LogP contribution in [0.5, 0.6) is 0 Å². The summed E-state index contributed by atoms with van der Waals surface area (Å²) in [5.41, 5.74) is 2.75. The van der Waals surface area contributed by atoms with E-state index in [0.29, 0.717) is 52.0 Å². The monoisotopic (exact) mass is 550 g/mol. The lowest BCUT2D eigenvalue weighted by atomic mass is 9.92. The van der Waals surface area contributed by atoms with Crippen LogP contribution >= 0.6 is 11.6 Å². The molecule has 5 rings (SSSR count). The van der Waals surface area contributed by atoms with Gasteiger partial charge in [-0.2, -0.15) is 4.98 Å². The molecular formula is C29H35ClN6O3. The lowest BCUT2D eigenvalue weighted by Gasteiger charge is -2.35. The van der Waals surface area contributed by atoms with Crippen molar-refractivity contribution in [1.29, 1.82) is 0 Å². The number of hydrogen-bond donors (Lipinski definition) is 2.